The van der Waals surface area contributed by atoms with Crippen molar-refractivity contribution >= 4 is 11.9 Å². The topological polar surface area (TPSA) is 89.7 Å². The van der Waals surface area contributed by atoms with Crippen molar-refractivity contribution < 1.29 is 23.8 Å². The number of carbonyl (C=O) groups is 2. The van der Waals surface area contributed by atoms with E-state index in [1.54, 1.807) is 13.8 Å². The van der Waals surface area contributed by atoms with Crippen LogP contribution in [0.4, 0.5) is 0 Å². The van der Waals surface area contributed by atoms with Crippen LogP contribution in [0.25, 0.3) is 0 Å². The van der Waals surface area contributed by atoms with Crippen molar-refractivity contribution in [3.63, 3.8) is 0 Å². The van der Waals surface area contributed by atoms with Crippen LogP contribution in [0.5, 0.6) is 11.5 Å². The highest BCUT2D eigenvalue weighted by molar-refractivity contribution is 6.00. The van der Waals surface area contributed by atoms with Gasteiger partial charge in [-0.2, -0.15) is 0 Å². The molecule has 1 atom stereocenters. The molecule has 1 aliphatic rings. The second-order valence-corrected chi connectivity index (χ2v) is 6.21. The van der Waals surface area contributed by atoms with Gasteiger partial charge in [0.15, 0.2) is 11.5 Å². The number of hydrogen-bond donors (Lipinski definition) is 2. The van der Waals surface area contributed by atoms with Crippen LogP contribution >= 0.6 is 0 Å². The van der Waals surface area contributed by atoms with Crippen molar-refractivity contribution in [2.75, 3.05) is 20.3 Å². The first-order valence-corrected chi connectivity index (χ1v) is 8.40. The standard InChI is InChI=1S/C19H22N2O5/c1-10-16(19(23)24-4)12(3)20-17(10)18(22)21-11(2)13-5-6-14-15(9-13)26-8-7-25-14/h5-6,9,11,20H,7-8H2,1-4H3,(H,21,22)/t11-/m0/s1. The zero-order valence-electron chi connectivity index (χ0n) is 15.3. The summed E-state index contributed by atoms with van der Waals surface area (Å²) in [6, 6.07) is 5.35. The zero-order valence-corrected chi connectivity index (χ0v) is 15.3. The van der Waals surface area contributed by atoms with Gasteiger partial charge in [0.2, 0.25) is 0 Å². The lowest BCUT2D eigenvalue weighted by Crippen LogP contribution is -2.27. The number of fused-ring (bicyclic) bond motifs is 1. The van der Waals surface area contributed by atoms with Crippen LogP contribution in [0.2, 0.25) is 0 Å². The van der Waals surface area contributed by atoms with Gasteiger partial charge in [0.1, 0.15) is 18.9 Å². The highest BCUT2D eigenvalue weighted by atomic mass is 16.6. The maximum absolute atomic E-state index is 12.7. The molecule has 0 spiro atoms. The third-order valence-corrected chi connectivity index (χ3v) is 4.47. The maximum Gasteiger partial charge on any atom is 0.339 e. The molecule has 0 aliphatic carbocycles. The Hall–Kier alpha value is -2.96. The smallest absolute Gasteiger partial charge is 0.339 e. The van der Waals surface area contributed by atoms with Gasteiger partial charge < -0.3 is 24.5 Å². The van der Waals surface area contributed by atoms with Gasteiger partial charge in [-0.15, -0.1) is 0 Å². The molecule has 0 unspecified atom stereocenters. The summed E-state index contributed by atoms with van der Waals surface area (Å²) in [4.78, 5) is 27.5. The molecule has 0 saturated heterocycles. The molecular formula is C19H22N2O5. The predicted octanol–water partition coefficient (Wildman–Crippen LogP) is 2.68. The number of carbonyl (C=O) groups excluding carboxylic acids is 2. The maximum atomic E-state index is 12.7. The number of aromatic nitrogens is 1. The highest BCUT2D eigenvalue weighted by Gasteiger charge is 2.24. The molecule has 1 amide bonds. The van der Waals surface area contributed by atoms with E-state index in [4.69, 9.17) is 14.2 Å². The van der Waals surface area contributed by atoms with Gasteiger partial charge in [-0.05, 0) is 44.0 Å². The second kappa shape index (κ2) is 7.11. The van der Waals surface area contributed by atoms with Crippen LogP contribution in [-0.4, -0.2) is 37.2 Å². The Morgan fingerprint density at radius 1 is 1.19 bits per heavy atom. The summed E-state index contributed by atoms with van der Waals surface area (Å²) < 4.78 is 15.9. The second-order valence-electron chi connectivity index (χ2n) is 6.21. The van der Waals surface area contributed by atoms with Crippen LogP contribution in [0.1, 0.15) is 50.6 Å². The molecule has 1 aliphatic heterocycles. The summed E-state index contributed by atoms with van der Waals surface area (Å²) in [5, 5.41) is 2.94. The number of amides is 1. The molecule has 2 N–H and O–H groups in total. The van der Waals surface area contributed by atoms with E-state index in [0.29, 0.717) is 47.2 Å². The lowest BCUT2D eigenvalue weighted by molar-refractivity contribution is 0.0599. The van der Waals surface area contributed by atoms with E-state index in [1.807, 2.05) is 25.1 Å². The monoisotopic (exact) mass is 358 g/mol. The van der Waals surface area contributed by atoms with Crippen LogP contribution in [-0.2, 0) is 4.74 Å². The fraction of sp³-hybridized carbons (Fsp3) is 0.368. The molecule has 7 heteroatoms. The quantitative estimate of drug-likeness (QED) is 0.820. The minimum atomic E-state index is -0.463. The number of methoxy groups -OCH3 is 1. The van der Waals surface area contributed by atoms with Gasteiger partial charge in [0, 0.05) is 5.69 Å². The zero-order chi connectivity index (χ0) is 18.8. The lowest BCUT2D eigenvalue weighted by Gasteiger charge is -2.21. The van der Waals surface area contributed by atoms with Crippen molar-refractivity contribution in [1.82, 2.24) is 10.3 Å². The van der Waals surface area contributed by atoms with E-state index < -0.39 is 5.97 Å². The molecule has 2 heterocycles. The molecule has 1 aromatic heterocycles. The Labute approximate surface area is 151 Å². The third-order valence-electron chi connectivity index (χ3n) is 4.47. The molecule has 26 heavy (non-hydrogen) atoms. The number of rotatable bonds is 4. The minimum absolute atomic E-state index is 0.247. The van der Waals surface area contributed by atoms with Gasteiger partial charge in [0.25, 0.3) is 5.91 Å². The van der Waals surface area contributed by atoms with Gasteiger partial charge in [-0.1, -0.05) is 6.07 Å². The number of aromatic amines is 1. The molecule has 3 rings (SSSR count). The van der Waals surface area contributed by atoms with E-state index >= 15 is 0 Å². The highest BCUT2D eigenvalue weighted by Crippen LogP contribution is 2.32. The number of H-pyrrole nitrogens is 1. The van der Waals surface area contributed by atoms with Gasteiger partial charge >= 0.3 is 5.97 Å². The van der Waals surface area contributed by atoms with Crippen LogP contribution < -0.4 is 14.8 Å². The summed E-state index contributed by atoms with van der Waals surface area (Å²) in [7, 11) is 1.32. The molecule has 0 bridgehead atoms. The van der Waals surface area contributed by atoms with E-state index in [2.05, 4.69) is 10.3 Å². The Morgan fingerprint density at radius 3 is 2.58 bits per heavy atom. The minimum Gasteiger partial charge on any atom is -0.486 e. The molecule has 2 aromatic rings. The van der Waals surface area contributed by atoms with E-state index in [1.165, 1.54) is 7.11 Å². The van der Waals surface area contributed by atoms with Crippen molar-refractivity contribution in [2.24, 2.45) is 0 Å². The number of benzene rings is 1. The Bertz CT molecular complexity index is 856. The largest absolute Gasteiger partial charge is 0.486 e. The molecular weight excluding hydrogens is 336 g/mol. The fourth-order valence-electron chi connectivity index (χ4n) is 3.07. The molecule has 0 saturated carbocycles. The van der Waals surface area contributed by atoms with Crippen molar-refractivity contribution in [3.8, 4) is 11.5 Å². The first-order chi connectivity index (χ1) is 12.4. The van der Waals surface area contributed by atoms with E-state index in [-0.39, 0.29) is 11.9 Å². The Balaban J connectivity index is 1.79. The van der Waals surface area contributed by atoms with Crippen molar-refractivity contribution in [1.29, 1.82) is 0 Å². The number of hydrogen-bond acceptors (Lipinski definition) is 5. The number of esters is 1. The first kappa shape index (κ1) is 17.8. The fourth-order valence-corrected chi connectivity index (χ4v) is 3.07. The van der Waals surface area contributed by atoms with E-state index in [9.17, 15) is 9.59 Å². The summed E-state index contributed by atoms with van der Waals surface area (Å²) in [5.41, 5.74) is 2.82. The molecule has 7 nitrogen and oxygen atoms in total. The summed E-state index contributed by atoms with van der Waals surface area (Å²) in [6.07, 6.45) is 0. The summed E-state index contributed by atoms with van der Waals surface area (Å²) in [5.74, 6) is 0.630. The summed E-state index contributed by atoms with van der Waals surface area (Å²) in [6.45, 7) is 6.39. The van der Waals surface area contributed by atoms with Crippen LogP contribution in [0.15, 0.2) is 18.2 Å². The predicted molar refractivity (Wildman–Crippen MR) is 94.9 cm³/mol. The van der Waals surface area contributed by atoms with Crippen molar-refractivity contribution in [2.45, 2.75) is 26.8 Å². The number of ether oxygens (including phenoxy) is 3. The van der Waals surface area contributed by atoms with Gasteiger partial charge in [-0.25, -0.2) is 4.79 Å². The third kappa shape index (κ3) is 3.24. The first-order valence-electron chi connectivity index (χ1n) is 8.40. The van der Waals surface area contributed by atoms with Gasteiger partial charge in [-0.3, -0.25) is 4.79 Å². The molecule has 138 valence electrons. The number of aryl methyl sites for hydroxylation is 1. The summed E-state index contributed by atoms with van der Waals surface area (Å²) >= 11 is 0. The lowest BCUT2D eigenvalue weighted by atomic mass is 10.1. The normalized spacial score (nSPS) is 13.8. The Kier molecular flexibility index (Phi) is 4.88. The number of nitrogens with one attached hydrogen (secondary N) is 2. The molecule has 0 radical (unpaired) electrons. The average molecular weight is 358 g/mol. The van der Waals surface area contributed by atoms with Gasteiger partial charge in [0.05, 0.1) is 18.7 Å². The molecule has 0 fully saturated rings. The molecule has 1 aromatic carbocycles. The Morgan fingerprint density at radius 2 is 1.88 bits per heavy atom. The van der Waals surface area contributed by atoms with Crippen molar-refractivity contribution in [3.05, 3.63) is 46.3 Å². The van der Waals surface area contributed by atoms with Crippen LogP contribution in [0.3, 0.4) is 0 Å². The van der Waals surface area contributed by atoms with Crippen LogP contribution in [0, 0.1) is 13.8 Å². The average Bonchev–Trinajstić information content (AvgIpc) is 2.95. The SMILES string of the molecule is COC(=O)c1c(C)[nH]c(C(=O)N[C@@H](C)c2ccc3c(c2)OCCO3)c1C. The van der Waals surface area contributed by atoms with E-state index in [0.717, 1.165) is 5.56 Å².